The minimum absolute atomic E-state index is 0.117. The van der Waals surface area contributed by atoms with Crippen LogP contribution >= 0.6 is 23.2 Å². The number of anilines is 1. The highest BCUT2D eigenvalue weighted by Crippen LogP contribution is 2.41. The van der Waals surface area contributed by atoms with Crippen molar-refractivity contribution in [2.75, 3.05) is 11.9 Å². The van der Waals surface area contributed by atoms with Gasteiger partial charge in [-0.05, 0) is 25.0 Å². The summed E-state index contributed by atoms with van der Waals surface area (Å²) in [5.74, 6) is -0.844. The molecule has 1 aromatic rings. The molecule has 1 amide bonds. The van der Waals surface area contributed by atoms with Crippen molar-refractivity contribution in [2.45, 2.75) is 19.3 Å². The van der Waals surface area contributed by atoms with Gasteiger partial charge in [-0.25, -0.2) is 4.39 Å². The van der Waals surface area contributed by atoms with Gasteiger partial charge in [0.2, 0.25) is 5.91 Å². The quantitative estimate of drug-likeness (QED) is 0.840. The van der Waals surface area contributed by atoms with Crippen molar-refractivity contribution < 1.29 is 9.18 Å². The van der Waals surface area contributed by atoms with Gasteiger partial charge in [0.1, 0.15) is 0 Å². The summed E-state index contributed by atoms with van der Waals surface area (Å²) in [6.07, 6.45) is 2.55. The highest BCUT2D eigenvalue weighted by Gasteiger charge is 2.42. The number of hydrogen-bond acceptors (Lipinski definition) is 2. The standard InChI is InChI=1S/C12H13Cl2FN2O/c13-8-4-7(5-9(14)10(8)15)17-11(18)12(6-16)2-1-3-12/h4-5H,1-3,6,16H2,(H,17,18). The molecule has 0 bridgehead atoms. The molecule has 1 aliphatic rings. The second-order valence-corrected chi connectivity index (χ2v) is 5.36. The zero-order valence-electron chi connectivity index (χ0n) is 9.60. The molecule has 98 valence electrons. The van der Waals surface area contributed by atoms with E-state index in [1.54, 1.807) is 0 Å². The number of amides is 1. The van der Waals surface area contributed by atoms with Crippen molar-refractivity contribution in [3.8, 4) is 0 Å². The summed E-state index contributed by atoms with van der Waals surface area (Å²) < 4.78 is 13.2. The zero-order valence-corrected chi connectivity index (χ0v) is 11.1. The number of hydrogen-bond donors (Lipinski definition) is 2. The molecule has 1 fully saturated rings. The van der Waals surface area contributed by atoms with Crippen LogP contribution in [0.5, 0.6) is 0 Å². The largest absolute Gasteiger partial charge is 0.329 e. The van der Waals surface area contributed by atoms with E-state index < -0.39 is 11.2 Å². The minimum Gasteiger partial charge on any atom is -0.329 e. The second kappa shape index (κ2) is 5.03. The van der Waals surface area contributed by atoms with Crippen LogP contribution < -0.4 is 11.1 Å². The van der Waals surface area contributed by atoms with E-state index >= 15 is 0 Å². The van der Waals surface area contributed by atoms with Crippen LogP contribution in [0.15, 0.2) is 12.1 Å². The molecule has 0 heterocycles. The number of nitrogens with one attached hydrogen (secondary N) is 1. The second-order valence-electron chi connectivity index (χ2n) is 4.55. The van der Waals surface area contributed by atoms with Crippen LogP contribution in [0.1, 0.15) is 19.3 Å². The Morgan fingerprint density at radius 3 is 2.33 bits per heavy atom. The molecule has 0 aromatic heterocycles. The van der Waals surface area contributed by atoms with Gasteiger partial charge >= 0.3 is 0 Å². The summed E-state index contributed by atoms with van der Waals surface area (Å²) in [4.78, 5) is 12.1. The van der Waals surface area contributed by atoms with Gasteiger partial charge in [0.25, 0.3) is 0 Å². The van der Waals surface area contributed by atoms with Gasteiger partial charge in [-0.2, -0.15) is 0 Å². The van der Waals surface area contributed by atoms with Gasteiger partial charge < -0.3 is 11.1 Å². The highest BCUT2D eigenvalue weighted by atomic mass is 35.5. The average molecular weight is 291 g/mol. The van der Waals surface area contributed by atoms with Crippen LogP contribution in [0.25, 0.3) is 0 Å². The molecule has 0 unspecified atom stereocenters. The Morgan fingerprint density at radius 2 is 1.94 bits per heavy atom. The van der Waals surface area contributed by atoms with Crippen molar-refractivity contribution in [3.63, 3.8) is 0 Å². The van der Waals surface area contributed by atoms with Crippen LogP contribution in [0, 0.1) is 11.2 Å². The molecule has 0 saturated heterocycles. The van der Waals surface area contributed by atoms with Crippen molar-refractivity contribution in [1.82, 2.24) is 0 Å². The molecule has 1 aromatic carbocycles. The number of benzene rings is 1. The molecule has 1 saturated carbocycles. The Balaban J connectivity index is 2.17. The summed E-state index contributed by atoms with van der Waals surface area (Å²) >= 11 is 11.3. The number of rotatable bonds is 3. The van der Waals surface area contributed by atoms with Crippen LogP contribution in [0.4, 0.5) is 10.1 Å². The minimum atomic E-state index is -0.687. The summed E-state index contributed by atoms with van der Waals surface area (Å²) in [6, 6.07) is 2.67. The first-order chi connectivity index (χ1) is 8.48. The number of nitrogens with two attached hydrogens (primary N) is 1. The molecular formula is C12H13Cl2FN2O. The predicted octanol–water partition coefficient (Wildman–Crippen LogP) is 3.20. The molecule has 0 aliphatic heterocycles. The maximum Gasteiger partial charge on any atom is 0.231 e. The Kier molecular flexibility index (Phi) is 3.80. The first kappa shape index (κ1) is 13.6. The zero-order chi connectivity index (χ0) is 13.3. The summed E-state index contributed by atoms with van der Waals surface area (Å²) in [5, 5.41) is 2.46. The fourth-order valence-corrected chi connectivity index (χ4v) is 2.51. The molecule has 2 rings (SSSR count). The molecular weight excluding hydrogens is 278 g/mol. The molecule has 6 heteroatoms. The third kappa shape index (κ3) is 2.32. The molecule has 18 heavy (non-hydrogen) atoms. The SMILES string of the molecule is NCC1(C(=O)Nc2cc(Cl)c(F)c(Cl)c2)CCC1. The van der Waals surface area contributed by atoms with Gasteiger partial charge in [0.05, 0.1) is 15.5 Å². The Morgan fingerprint density at radius 1 is 1.39 bits per heavy atom. The van der Waals surface area contributed by atoms with Gasteiger partial charge in [0, 0.05) is 12.2 Å². The summed E-state index contributed by atoms with van der Waals surface area (Å²) in [6.45, 7) is 0.307. The van der Waals surface area contributed by atoms with Crippen molar-refractivity contribution in [2.24, 2.45) is 11.1 Å². The lowest BCUT2D eigenvalue weighted by atomic mass is 9.68. The molecule has 0 radical (unpaired) electrons. The summed E-state index contributed by atoms with van der Waals surface area (Å²) in [7, 11) is 0. The van der Waals surface area contributed by atoms with Gasteiger partial charge in [0.15, 0.2) is 5.82 Å². The van der Waals surface area contributed by atoms with E-state index in [4.69, 9.17) is 28.9 Å². The van der Waals surface area contributed by atoms with Crippen molar-refractivity contribution in [3.05, 3.63) is 28.0 Å². The van der Waals surface area contributed by atoms with Crippen molar-refractivity contribution in [1.29, 1.82) is 0 Å². The monoisotopic (exact) mass is 290 g/mol. The van der Waals surface area contributed by atoms with Gasteiger partial charge in [-0.1, -0.05) is 29.6 Å². The molecule has 0 atom stereocenters. The summed E-state index contributed by atoms with van der Waals surface area (Å²) in [5.41, 5.74) is 5.53. The Bertz CT molecular complexity index is 460. The van der Waals surface area contributed by atoms with Crippen LogP contribution in [-0.4, -0.2) is 12.5 Å². The lowest BCUT2D eigenvalue weighted by molar-refractivity contribution is -0.129. The van der Waals surface area contributed by atoms with E-state index in [1.807, 2.05) is 0 Å². The third-order valence-electron chi connectivity index (χ3n) is 3.42. The van der Waals surface area contributed by atoms with Gasteiger partial charge in [-0.15, -0.1) is 0 Å². The molecule has 3 nitrogen and oxygen atoms in total. The lowest BCUT2D eigenvalue weighted by Crippen LogP contribution is -2.47. The van der Waals surface area contributed by atoms with E-state index in [2.05, 4.69) is 5.32 Å². The fraction of sp³-hybridized carbons (Fsp3) is 0.417. The smallest absolute Gasteiger partial charge is 0.231 e. The first-order valence-electron chi connectivity index (χ1n) is 5.64. The average Bonchev–Trinajstić information content (AvgIpc) is 2.25. The van der Waals surface area contributed by atoms with Crippen LogP contribution in [0.3, 0.4) is 0 Å². The van der Waals surface area contributed by atoms with E-state index in [0.29, 0.717) is 12.2 Å². The normalized spacial score (nSPS) is 17.1. The first-order valence-corrected chi connectivity index (χ1v) is 6.40. The van der Waals surface area contributed by atoms with Crippen molar-refractivity contribution >= 4 is 34.8 Å². The molecule has 3 N–H and O–H groups in total. The molecule has 0 spiro atoms. The Labute approximate surface area is 114 Å². The predicted molar refractivity (Wildman–Crippen MR) is 70.4 cm³/mol. The van der Waals surface area contributed by atoms with Crippen LogP contribution in [0.2, 0.25) is 10.0 Å². The maximum absolute atomic E-state index is 13.2. The van der Waals surface area contributed by atoms with E-state index in [1.165, 1.54) is 12.1 Å². The number of carbonyl (C=O) groups excluding carboxylic acids is 1. The topological polar surface area (TPSA) is 55.1 Å². The lowest BCUT2D eigenvalue weighted by Gasteiger charge is -2.39. The highest BCUT2D eigenvalue weighted by molar-refractivity contribution is 6.35. The van der Waals surface area contributed by atoms with Gasteiger partial charge in [-0.3, -0.25) is 4.79 Å². The van der Waals surface area contributed by atoms with E-state index in [9.17, 15) is 9.18 Å². The Hall–Kier alpha value is -0.840. The molecule has 1 aliphatic carbocycles. The number of halogens is 3. The third-order valence-corrected chi connectivity index (χ3v) is 3.97. The van der Waals surface area contributed by atoms with E-state index in [-0.39, 0.29) is 16.0 Å². The maximum atomic E-state index is 13.2. The van der Waals surface area contributed by atoms with E-state index in [0.717, 1.165) is 19.3 Å². The fourth-order valence-electron chi connectivity index (χ4n) is 2.02. The number of carbonyl (C=O) groups is 1. The van der Waals surface area contributed by atoms with Crippen LogP contribution in [-0.2, 0) is 4.79 Å².